The largest absolute Gasteiger partial charge is 0.339 e. The van der Waals surface area contributed by atoms with Crippen molar-refractivity contribution in [2.24, 2.45) is 0 Å². The maximum absolute atomic E-state index is 13.3. The van der Waals surface area contributed by atoms with E-state index in [9.17, 15) is 9.59 Å². The van der Waals surface area contributed by atoms with Gasteiger partial charge in [0.1, 0.15) is 5.69 Å². The number of amides is 2. The highest BCUT2D eigenvalue weighted by Crippen LogP contribution is 2.27. The Bertz CT molecular complexity index is 1020. The molecule has 162 valence electrons. The zero-order valence-corrected chi connectivity index (χ0v) is 18.7. The van der Waals surface area contributed by atoms with Crippen LogP contribution in [-0.2, 0) is 11.3 Å². The smallest absolute Gasteiger partial charge is 0.257 e. The minimum absolute atomic E-state index is 0.0155. The van der Waals surface area contributed by atoms with E-state index in [0.717, 1.165) is 23.5 Å². The first-order valence-corrected chi connectivity index (χ1v) is 11.3. The summed E-state index contributed by atoms with van der Waals surface area (Å²) in [6.45, 7) is 3.77. The third-order valence-corrected chi connectivity index (χ3v) is 6.39. The van der Waals surface area contributed by atoms with E-state index in [1.54, 1.807) is 29.3 Å². The Hall–Kier alpha value is -2.97. The molecular weight excluding hydrogens is 410 g/mol. The fourth-order valence-electron chi connectivity index (χ4n) is 3.66. The molecule has 31 heavy (non-hydrogen) atoms. The molecule has 0 unspecified atom stereocenters. The molecule has 0 saturated carbocycles. The van der Waals surface area contributed by atoms with E-state index in [2.05, 4.69) is 11.9 Å². The van der Waals surface area contributed by atoms with Gasteiger partial charge in [0.15, 0.2) is 0 Å². The van der Waals surface area contributed by atoms with Crippen LogP contribution in [0.3, 0.4) is 0 Å². The molecule has 8 heteroatoms. The van der Waals surface area contributed by atoms with Crippen LogP contribution in [0.5, 0.6) is 0 Å². The second-order valence-electron chi connectivity index (χ2n) is 7.90. The first-order valence-electron chi connectivity index (χ1n) is 10.4. The number of hydrogen-bond acceptors (Lipinski definition) is 5. The normalized spacial score (nSPS) is 14.6. The Kier molecular flexibility index (Phi) is 6.48. The molecule has 0 spiro atoms. The second kappa shape index (κ2) is 9.45. The molecule has 2 amide bonds. The summed E-state index contributed by atoms with van der Waals surface area (Å²) < 4.78 is 1.80. The van der Waals surface area contributed by atoms with E-state index in [1.807, 2.05) is 52.7 Å². The number of benzene rings is 1. The highest BCUT2D eigenvalue weighted by atomic mass is 32.1. The second-order valence-corrected chi connectivity index (χ2v) is 8.84. The summed E-state index contributed by atoms with van der Waals surface area (Å²) in [6.07, 6.45) is 1.79. The van der Waals surface area contributed by atoms with Gasteiger partial charge in [0.25, 0.3) is 5.91 Å². The third-order valence-electron chi connectivity index (χ3n) is 5.51. The fraction of sp³-hybridized carbons (Fsp3) is 0.348. The van der Waals surface area contributed by atoms with E-state index in [1.165, 1.54) is 4.90 Å². The van der Waals surface area contributed by atoms with Gasteiger partial charge >= 0.3 is 0 Å². The van der Waals surface area contributed by atoms with Gasteiger partial charge in [-0.25, -0.2) is 0 Å². The van der Waals surface area contributed by atoms with Crippen molar-refractivity contribution in [3.63, 3.8) is 0 Å². The van der Waals surface area contributed by atoms with Crippen molar-refractivity contribution in [3.05, 3.63) is 65.2 Å². The summed E-state index contributed by atoms with van der Waals surface area (Å²) in [4.78, 5) is 32.5. The predicted molar refractivity (Wildman–Crippen MR) is 122 cm³/mol. The fourth-order valence-corrected chi connectivity index (χ4v) is 4.38. The summed E-state index contributed by atoms with van der Waals surface area (Å²) in [6, 6.07) is 13.9. The molecule has 0 atom stereocenters. The zero-order chi connectivity index (χ0) is 21.8. The lowest BCUT2D eigenvalue weighted by molar-refractivity contribution is -0.133. The van der Waals surface area contributed by atoms with Gasteiger partial charge in [0, 0.05) is 39.4 Å². The number of likely N-dealkylation sites (N-methyl/N-ethyl adjacent to an activating group) is 2. The molecule has 1 saturated heterocycles. The number of hydrogen-bond donors (Lipinski definition) is 0. The molecule has 1 fully saturated rings. The van der Waals surface area contributed by atoms with Crippen LogP contribution in [-0.4, -0.2) is 83.1 Å². The van der Waals surface area contributed by atoms with Crippen molar-refractivity contribution in [2.75, 3.05) is 46.8 Å². The lowest BCUT2D eigenvalue weighted by Crippen LogP contribution is -2.50. The molecule has 7 nitrogen and oxygen atoms in total. The minimum atomic E-state index is -0.190. The van der Waals surface area contributed by atoms with Crippen LogP contribution in [0.1, 0.15) is 15.9 Å². The highest BCUT2D eigenvalue weighted by Gasteiger charge is 2.25. The van der Waals surface area contributed by atoms with Crippen LogP contribution in [0.15, 0.2) is 54.0 Å². The lowest BCUT2D eigenvalue weighted by atomic mass is 10.2. The van der Waals surface area contributed by atoms with Crippen molar-refractivity contribution >= 4 is 23.2 Å². The van der Waals surface area contributed by atoms with E-state index in [-0.39, 0.29) is 18.4 Å². The Morgan fingerprint density at radius 1 is 1.06 bits per heavy atom. The number of rotatable bonds is 6. The molecule has 3 heterocycles. The number of piperazine rings is 1. The van der Waals surface area contributed by atoms with Gasteiger partial charge in [-0.15, -0.1) is 11.3 Å². The van der Waals surface area contributed by atoms with Gasteiger partial charge in [0.05, 0.1) is 23.5 Å². The first kappa shape index (κ1) is 21.3. The Morgan fingerprint density at radius 2 is 1.81 bits per heavy atom. The monoisotopic (exact) mass is 437 g/mol. The average Bonchev–Trinajstić information content (AvgIpc) is 3.44. The van der Waals surface area contributed by atoms with Gasteiger partial charge in [-0.1, -0.05) is 36.4 Å². The molecule has 3 aromatic rings. The molecule has 0 N–H and O–H groups in total. The quantitative estimate of drug-likeness (QED) is 0.595. The molecule has 0 radical (unpaired) electrons. The van der Waals surface area contributed by atoms with Crippen molar-refractivity contribution in [3.8, 4) is 10.6 Å². The van der Waals surface area contributed by atoms with Crippen molar-refractivity contribution < 1.29 is 9.59 Å². The summed E-state index contributed by atoms with van der Waals surface area (Å²) in [5.74, 6) is -0.205. The standard InChI is InChI=1S/C23H27N5O2S/c1-25-10-12-27(13-11-25)21(29)17-26(2)23(30)19-16-28(15-18-7-4-3-5-8-18)24-22(19)20-9-6-14-31-20/h3-9,14,16H,10-13,15,17H2,1-2H3. The summed E-state index contributed by atoms with van der Waals surface area (Å²) in [7, 11) is 3.74. The Morgan fingerprint density at radius 3 is 2.48 bits per heavy atom. The van der Waals surface area contributed by atoms with E-state index >= 15 is 0 Å². The SMILES string of the molecule is CN1CCN(C(=O)CN(C)C(=O)c2cn(Cc3ccccc3)nc2-c2cccs2)CC1. The van der Waals surface area contributed by atoms with E-state index in [0.29, 0.717) is 30.9 Å². The average molecular weight is 438 g/mol. The van der Waals surface area contributed by atoms with Crippen molar-refractivity contribution in [2.45, 2.75) is 6.54 Å². The summed E-state index contributed by atoms with van der Waals surface area (Å²) in [5.41, 5.74) is 2.29. The van der Waals surface area contributed by atoms with Crippen LogP contribution in [0.2, 0.25) is 0 Å². The first-order chi connectivity index (χ1) is 15.0. The minimum Gasteiger partial charge on any atom is -0.339 e. The molecular formula is C23H27N5O2S. The number of thiophene rings is 1. The van der Waals surface area contributed by atoms with E-state index < -0.39 is 0 Å². The van der Waals surface area contributed by atoms with Gasteiger partial charge in [-0.2, -0.15) is 5.10 Å². The van der Waals surface area contributed by atoms with Crippen LogP contribution in [0.25, 0.3) is 10.6 Å². The van der Waals surface area contributed by atoms with Gasteiger partial charge < -0.3 is 14.7 Å². The maximum Gasteiger partial charge on any atom is 0.257 e. The lowest BCUT2D eigenvalue weighted by Gasteiger charge is -2.33. The number of nitrogens with zero attached hydrogens (tertiary/aromatic N) is 5. The highest BCUT2D eigenvalue weighted by molar-refractivity contribution is 7.13. The molecule has 2 aromatic heterocycles. The van der Waals surface area contributed by atoms with Crippen molar-refractivity contribution in [1.82, 2.24) is 24.5 Å². The van der Waals surface area contributed by atoms with Crippen LogP contribution in [0.4, 0.5) is 0 Å². The van der Waals surface area contributed by atoms with Gasteiger partial charge in [-0.05, 0) is 24.1 Å². The molecule has 1 aliphatic rings. The van der Waals surface area contributed by atoms with Gasteiger partial charge in [0.2, 0.25) is 5.91 Å². The third kappa shape index (κ3) is 5.03. The number of aromatic nitrogens is 2. The Labute approximate surface area is 186 Å². The zero-order valence-electron chi connectivity index (χ0n) is 17.9. The van der Waals surface area contributed by atoms with Crippen LogP contribution in [0, 0.1) is 0 Å². The Balaban J connectivity index is 1.52. The predicted octanol–water partition coefficient (Wildman–Crippen LogP) is 2.51. The van der Waals surface area contributed by atoms with Crippen LogP contribution >= 0.6 is 11.3 Å². The van der Waals surface area contributed by atoms with E-state index in [4.69, 9.17) is 5.10 Å². The van der Waals surface area contributed by atoms with Gasteiger partial charge in [-0.3, -0.25) is 14.3 Å². The molecule has 0 aliphatic carbocycles. The number of carbonyl (C=O) groups excluding carboxylic acids is 2. The van der Waals surface area contributed by atoms with Crippen molar-refractivity contribution in [1.29, 1.82) is 0 Å². The maximum atomic E-state index is 13.3. The van der Waals surface area contributed by atoms with Crippen LogP contribution < -0.4 is 0 Å². The summed E-state index contributed by atoms with van der Waals surface area (Å²) in [5, 5.41) is 6.68. The molecule has 1 aromatic carbocycles. The number of carbonyl (C=O) groups is 2. The summed E-state index contributed by atoms with van der Waals surface area (Å²) >= 11 is 1.55. The molecule has 1 aliphatic heterocycles. The molecule has 4 rings (SSSR count). The molecule has 0 bridgehead atoms. The topological polar surface area (TPSA) is 61.7 Å².